The minimum atomic E-state index is -0.774. The Morgan fingerprint density at radius 1 is 1.17 bits per heavy atom. The molecule has 0 aliphatic carbocycles. The van der Waals surface area contributed by atoms with Crippen molar-refractivity contribution in [3.8, 4) is 5.75 Å². The first-order valence-electron chi connectivity index (χ1n) is 7.55. The molecule has 24 heavy (non-hydrogen) atoms. The molecule has 6 heteroatoms. The molecule has 128 valence electrons. The first-order valence-corrected chi connectivity index (χ1v) is 10.3. The number of rotatable bonds is 5. The van der Waals surface area contributed by atoms with Gasteiger partial charge in [0.15, 0.2) is 0 Å². The lowest BCUT2D eigenvalue weighted by Gasteiger charge is -2.27. The number of ether oxygens (including phenoxy) is 3. The molecule has 1 aliphatic rings. The number of hydrogen-bond acceptors (Lipinski definition) is 3. The second-order valence-electron chi connectivity index (χ2n) is 5.67. The van der Waals surface area contributed by atoms with Crippen molar-refractivity contribution >= 4 is 47.8 Å². The SMILES string of the molecule is Cc1ccc(C2(CBr)OCC(COc3ccc(Br)cc3)O2)cc1Br. The number of benzene rings is 2. The second kappa shape index (κ2) is 7.87. The maximum Gasteiger partial charge on any atom is 0.205 e. The molecule has 0 spiro atoms. The molecule has 1 saturated heterocycles. The Balaban J connectivity index is 1.67. The Hall–Kier alpha value is -0.400. The van der Waals surface area contributed by atoms with Crippen LogP contribution in [-0.4, -0.2) is 24.6 Å². The van der Waals surface area contributed by atoms with E-state index in [4.69, 9.17) is 14.2 Å². The van der Waals surface area contributed by atoms with Crippen LogP contribution in [0.3, 0.4) is 0 Å². The molecule has 3 nitrogen and oxygen atoms in total. The molecular formula is C18H17Br3O3. The van der Waals surface area contributed by atoms with Crippen LogP contribution in [0.5, 0.6) is 5.75 Å². The zero-order valence-electron chi connectivity index (χ0n) is 13.1. The highest BCUT2D eigenvalue weighted by molar-refractivity contribution is 9.10. The summed E-state index contributed by atoms with van der Waals surface area (Å²) < 4.78 is 20.1. The van der Waals surface area contributed by atoms with Crippen LogP contribution in [0.2, 0.25) is 0 Å². The van der Waals surface area contributed by atoms with Crippen LogP contribution in [0.1, 0.15) is 11.1 Å². The average molecular weight is 521 g/mol. The van der Waals surface area contributed by atoms with E-state index in [1.165, 1.54) is 5.56 Å². The molecule has 0 N–H and O–H groups in total. The fraction of sp³-hybridized carbons (Fsp3) is 0.333. The molecule has 2 aromatic carbocycles. The lowest BCUT2D eigenvalue weighted by atomic mass is 10.1. The molecule has 2 aromatic rings. The van der Waals surface area contributed by atoms with Gasteiger partial charge in [0.2, 0.25) is 5.79 Å². The van der Waals surface area contributed by atoms with Gasteiger partial charge in [0.1, 0.15) is 18.5 Å². The van der Waals surface area contributed by atoms with Crippen molar-refractivity contribution in [3.63, 3.8) is 0 Å². The van der Waals surface area contributed by atoms with E-state index in [2.05, 4.69) is 66.8 Å². The monoisotopic (exact) mass is 518 g/mol. The van der Waals surface area contributed by atoms with Gasteiger partial charge in [-0.2, -0.15) is 0 Å². The third-order valence-corrected chi connectivity index (χ3v) is 6.02. The Labute approximate surface area is 167 Å². The molecule has 2 unspecified atom stereocenters. The maximum absolute atomic E-state index is 6.20. The van der Waals surface area contributed by atoms with Crippen LogP contribution >= 0.6 is 47.8 Å². The van der Waals surface area contributed by atoms with Crippen molar-refractivity contribution in [2.75, 3.05) is 18.5 Å². The van der Waals surface area contributed by atoms with Gasteiger partial charge < -0.3 is 14.2 Å². The second-order valence-corrected chi connectivity index (χ2v) is 8.00. The van der Waals surface area contributed by atoms with E-state index >= 15 is 0 Å². The molecular weight excluding hydrogens is 504 g/mol. The van der Waals surface area contributed by atoms with Crippen molar-refractivity contribution < 1.29 is 14.2 Å². The molecule has 0 bridgehead atoms. The molecule has 1 fully saturated rings. The van der Waals surface area contributed by atoms with Crippen LogP contribution in [0.4, 0.5) is 0 Å². The number of hydrogen-bond donors (Lipinski definition) is 0. The Morgan fingerprint density at radius 2 is 1.92 bits per heavy atom. The summed E-state index contributed by atoms with van der Waals surface area (Å²) in [6.07, 6.45) is -0.119. The quantitative estimate of drug-likeness (QED) is 0.483. The van der Waals surface area contributed by atoms with Gasteiger partial charge in [-0.15, -0.1) is 0 Å². The van der Waals surface area contributed by atoms with Gasteiger partial charge in [0, 0.05) is 14.5 Å². The predicted octanol–water partition coefficient (Wildman–Crippen LogP) is 5.56. The normalized spacial score (nSPS) is 23.4. The van der Waals surface area contributed by atoms with E-state index in [-0.39, 0.29) is 6.10 Å². The zero-order valence-corrected chi connectivity index (χ0v) is 17.9. The van der Waals surface area contributed by atoms with Gasteiger partial charge in [0.25, 0.3) is 0 Å². The fourth-order valence-electron chi connectivity index (χ4n) is 2.50. The summed E-state index contributed by atoms with van der Waals surface area (Å²) in [5, 5.41) is 0.560. The van der Waals surface area contributed by atoms with Crippen molar-refractivity contribution in [3.05, 3.63) is 62.5 Å². The molecule has 0 aromatic heterocycles. The van der Waals surface area contributed by atoms with Crippen LogP contribution in [-0.2, 0) is 15.3 Å². The Bertz CT molecular complexity index is 705. The Morgan fingerprint density at radius 3 is 2.58 bits per heavy atom. The third kappa shape index (κ3) is 4.05. The number of alkyl halides is 1. The number of halogens is 3. The first-order chi connectivity index (χ1) is 11.5. The summed E-state index contributed by atoms with van der Waals surface area (Å²) in [6, 6.07) is 13.9. The minimum absolute atomic E-state index is 0.119. The van der Waals surface area contributed by atoms with Gasteiger partial charge in [-0.1, -0.05) is 59.9 Å². The van der Waals surface area contributed by atoms with Gasteiger partial charge in [-0.3, -0.25) is 0 Å². The summed E-state index contributed by atoms with van der Waals surface area (Å²) in [6.45, 7) is 3.00. The molecule has 1 aliphatic heterocycles. The molecule has 0 saturated carbocycles. The molecule has 2 atom stereocenters. The molecule has 1 heterocycles. The molecule has 0 radical (unpaired) electrons. The van der Waals surface area contributed by atoms with Gasteiger partial charge in [0.05, 0.1) is 11.9 Å². The highest BCUT2D eigenvalue weighted by atomic mass is 79.9. The van der Waals surface area contributed by atoms with E-state index in [0.717, 1.165) is 20.3 Å². The van der Waals surface area contributed by atoms with Crippen molar-refractivity contribution in [2.45, 2.75) is 18.8 Å². The van der Waals surface area contributed by atoms with Crippen molar-refractivity contribution in [2.24, 2.45) is 0 Å². The topological polar surface area (TPSA) is 27.7 Å². The van der Waals surface area contributed by atoms with E-state index < -0.39 is 5.79 Å². The van der Waals surface area contributed by atoms with Gasteiger partial charge >= 0.3 is 0 Å². The van der Waals surface area contributed by atoms with Crippen LogP contribution in [0.25, 0.3) is 0 Å². The Kier molecular flexibility index (Phi) is 6.03. The zero-order chi connectivity index (χ0) is 17.2. The molecule has 0 amide bonds. The summed E-state index contributed by atoms with van der Waals surface area (Å²) >= 11 is 10.5. The highest BCUT2D eigenvalue weighted by Crippen LogP contribution is 2.37. The van der Waals surface area contributed by atoms with Crippen LogP contribution in [0, 0.1) is 6.92 Å². The van der Waals surface area contributed by atoms with Crippen molar-refractivity contribution in [1.29, 1.82) is 0 Å². The van der Waals surface area contributed by atoms with E-state index in [9.17, 15) is 0 Å². The van der Waals surface area contributed by atoms with Crippen LogP contribution in [0.15, 0.2) is 51.4 Å². The number of aryl methyl sites for hydroxylation is 1. The van der Waals surface area contributed by atoms with Gasteiger partial charge in [-0.25, -0.2) is 0 Å². The summed E-state index contributed by atoms with van der Waals surface area (Å²) in [5.41, 5.74) is 2.17. The van der Waals surface area contributed by atoms with E-state index in [0.29, 0.717) is 18.5 Å². The predicted molar refractivity (Wildman–Crippen MR) is 105 cm³/mol. The van der Waals surface area contributed by atoms with Crippen molar-refractivity contribution in [1.82, 2.24) is 0 Å². The molecule has 3 rings (SSSR count). The highest BCUT2D eigenvalue weighted by Gasteiger charge is 2.42. The first kappa shape index (κ1) is 18.4. The van der Waals surface area contributed by atoms with Crippen LogP contribution < -0.4 is 4.74 Å². The maximum atomic E-state index is 6.20. The lowest BCUT2D eigenvalue weighted by Crippen LogP contribution is -2.31. The largest absolute Gasteiger partial charge is 0.491 e. The van der Waals surface area contributed by atoms with Gasteiger partial charge in [-0.05, 0) is 42.8 Å². The summed E-state index contributed by atoms with van der Waals surface area (Å²) in [7, 11) is 0. The minimum Gasteiger partial charge on any atom is -0.491 e. The summed E-state index contributed by atoms with van der Waals surface area (Å²) in [5.74, 6) is 0.0421. The standard InChI is InChI=1S/C18H17Br3O3/c1-12-2-3-13(8-17(12)21)18(11-19)23-10-16(24-18)9-22-15-6-4-14(20)5-7-15/h2-8,16H,9-11H2,1H3. The van der Waals surface area contributed by atoms with E-state index in [1.807, 2.05) is 30.3 Å². The third-order valence-electron chi connectivity index (χ3n) is 3.90. The van der Waals surface area contributed by atoms with E-state index in [1.54, 1.807) is 0 Å². The average Bonchev–Trinajstić information content (AvgIpc) is 3.02. The summed E-state index contributed by atoms with van der Waals surface area (Å²) in [4.78, 5) is 0. The fourth-order valence-corrected chi connectivity index (χ4v) is 3.76. The smallest absolute Gasteiger partial charge is 0.205 e. The lowest BCUT2D eigenvalue weighted by molar-refractivity contribution is -0.159.